The number of fused-ring (bicyclic) bond motifs is 1. The number of nitrogens with one attached hydrogen (secondary N) is 2. The van der Waals surface area contributed by atoms with E-state index in [2.05, 4.69) is 33.5 Å². The molecule has 0 fully saturated rings. The molecule has 120 valence electrons. The molecule has 1 atom stereocenters. The van der Waals surface area contributed by atoms with Gasteiger partial charge in [-0.2, -0.15) is 10.2 Å². The Labute approximate surface area is 141 Å². The molecule has 0 unspecified atom stereocenters. The summed E-state index contributed by atoms with van der Waals surface area (Å²) in [5.41, 5.74) is 7.17. The van der Waals surface area contributed by atoms with Gasteiger partial charge in [-0.25, -0.2) is 5.10 Å². The van der Waals surface area contributed by atoms with Crippen molar-refractivity contribution in [1.82, 2.24) is 15.2 Å². The molecule has 1 aliphatic rings. The van der Waals surface area contributed by atoms with Gasteiger partial charge in [-0.1, -0.05) is 18.7 Å². The summed E-state index contributed by atoms with van der Waals surface area (Å²) in [7, 11) is 0. The zero-order valence-corrected chi connectivity index (χ0v) is 14.2. The number of nitrogens with zero attached hydrogens (tertiary/aromatic N) is 3. The number of rotatable bonds is 4. The van der Waals surface area contributed by atoms with Crippen molar-refractivity contribution in [2.45, 2.75) is 31.3 Å². The number of nitrogens with two attached hydrogens (primary N) is 1. The SMILES string of the molecule is C[C@H]1CCc2c(sc(NC(=O)CSc3n[nH]c(N)n3)c2C#N)C1. The number of H-pyrrole nitrogens is 1. The Bertz CT molecular complexity index is 775. The third-order valence-corrected chi connectivity index (χ3v) is 5.71. The van der Waals surface area contributed by atoms with Crippen molar-refractivity contribution in [2.75, 3.05) is 16.8 Å². The van der Waals surface area contributed by atoms with E-state index < -0.39 is 0 Å². The van der Waals surface area contributed by atoms with E-state index in [1.165, 1.54) is 28.0 Å². The molecule has 2 aromatic heterocycles. The summed E-state index contributed by atoms with van der Waals surface area (Å²) >= 11 is 2.72. The van der Waals surface area contributed by atoms with Gasteiger partial charge in [0.15, 0.2) is 0 Å². The highest BCUT2D eigenvalue weighted by atomic mass is 32.2. The number of aromatic amines is 1. The average Bonchev–Trinajstić information content (AvgIpc) is 3.07. The maximum Gasteiger partial charge on any atom is 0.235 e. The first-order valence-electron chi connectivity index (χ1n) is 7.22. The normalized spacial score (nSPS) is 16.6. The van der Waals surface area contributed by atoms with Crippen molar-refractivity contribution in [3.05, 3.63) is 16.0 Å². The van der Waals surface area contributed by atoms with Gasteiger partial charge in [-0.3, -0.25) is 4.79 Å². The van der Waals surface area contributed by atoms with E-state index in [1.807, 2.05) is 0 Å². The van der Waals surface area contributed by atoms with Crippen LogP contribution in [0.4, 0.5) is 10.9 Å². The van der Waals surface area contributed by atoms with Crippen LogP contribution in [0.2, 0.25) is 0 Å². The standard InChI is InChI=1S/C14H16N6OS2/c1-7-2-3-8-9(5-15)12(23-10(8)4-7)17-11(21)6-22-14-18-13(16)19-20-14/h7H,2-4,6H2,1H3,(H,17,21)(H3,16,18,19,20)/t7-/m0/s1. The number of thioether (sulfide) groups is 1. The molecule has 0 bridgehead atoms. The average molecular weight is 348 g/mol. The van der Waals surface area contributed by atoms with Gasteiger partial charge in [0, 0.05) is 4.88 Å². The van der Waals surface area contributed by atoms with E-state index in [0.29, 0.717) is 21.6 Å². The van der Waals surface area contributed by atoms with Crippen LogP contribution in [0.25, 0.3) is 0 Å². The molecule has 1 aliphatic carbocycles. The van der Waals surface area contributed by atoms with Crippen LogP contribution in [-0.4, -0.2) is 26.8 Å². The van der Waals surface area contributed by atoms with Gasteiger partial charge >= 0.3 is 0 Å². The number of nitriles is 1. The number of hydrogen-bond donors (Lipinski definition) is 3. The van der Waals surface area contributed by atoms with Gasteiger partial charge in [0.2, 0.25) is 17.0 Å². The molecule has 7 nitrogen and oxygen atoms in total. The van der Waals surface area contributed by atoms with Crippen molar-refractivity contribution in [1.29, 1.82) is 5.26 Å². The minimum absolute atomic E-state index is 0.168. The zero-order valence-electron chi connectivity index (χ0n) is 12.5. The predicted octanol–water partition coefficient (Wildman–Crippen LogP) is 2.18. The molecule has 4 N–H and O–H groups in total. The topological polar surface area (TPSA) is 120 Å². The first kappa shape index (κ1) is 15.8. The van der Waals surface area contributed by atoms with Crippen LogP contribution in [0.15, 0.2) is 5.16 Å². The molecule has 1 amide bonds. The highest BCUT2D eigenvalue weighted by molar-refractivity contribution is 7.99. The number of aromatic nitrogens is 3. The first-order valence-corrected chi connectivity index (χ1v) is 9.02. The second kappa shape index (κ2) is 6.60. The third kappa shape index (κ3) is 3.48. The monoisotopic (exact) mass is 348 g/mol. The molecule has 0 spiro atoms. The van der Waals surface area contributed by atoms with E-state index in [4.69, 9.17) is 5.73 Å². The number of amides is 1. The van der Waals surface area contributed by atoms with Crippen molar-refractivity contribution in [3.63, 3.8) is 0 Å². The Morgan fingerprint density at radius 3 is 3.17 bits per heavy atom. The summed E-state index contributed by atoms with van der Waals surface area (Å²) in [5.74, 6) is 0.838. The van der Waals surface area contributed by atoms with Crippen LogP contribution >= 0.6 is 23.1 Å². The zero-order chi connectivity index (χ0) is 16.4. The lowest BCUT2D eigenvalue weighted by molar-refractivity contribution is -0.113. The lowest BCUT2D eigenvalue weighted by Gasteiger charge is -2.17. The maximum absolute atomic E-state index is 12.1. The highest BCUT2D eigenvalue weighted by Crippen LogP contribution is 2.39. The number of nitrogen functional groups attached to an aromatic ring is 1. The second-order valence-corrected chi connectivity index (χ2v) is 7.56. The van der Waals surface area contributed by atoms with Crippen LogP contribution in [0.3, 0.4) is 0 Å². The van der Waals surface area contributed by atoms with Crippen molar-refractivity contribution in [2.24, 2.45) is 5.92 Å². The van der Waals surface area contributed by atoms with Gasteiger partial charge in [-0.05, 0) is 30.7 Å². The molecule has 23 heavy (non-hydrogen) atoms. The summed E-state index contributed by atoms with van der Waals surface area (Å²) in [6.45, 7) is 2.21. The molecule has 9 heteroatoms. The smallest absolute Gasteiger partial charge is 0.235 e. The number of carbonyl (C=O) groups excluding carboxylic acids is 1. The van der Waals surface area contributed by atoms with Crippen LogP contribution in [0, 0.1) is 17.2 Å². The Balaban J connectivity index is 1.67. The fraction of sp³-hybridized carbons (Fsp3) is 0.429. The summed E-state index contributed by atoms with van der Waals surface area (Å²) in [5, 5.41) is 19.7. The van der Waals surface area contributed by atoms with Crippen molar-refractivity contribution < 1.29 is 4.79 Å². The Morgan fingerprint density at radius 1 is 1.65 bits per heavy atom. The molecule has 0 aliphatic heterocycles. The van der Waals surface area contributed by atoms with Gasteiger partial charge < -0.3 is 11.1 Å². The van der Waals surface area contributed by atoms with E-state index in [9.17, 15) is 10.1 Å². The maximum atomic E-state index is 12.1. The predicted molar refractivity (Wildman–Crippen MR) is 90.4 cm³/mol. The minimum Gasteiger partial charge on any atom is -0.368 e. The summed E-state index contributed by atoms with van der Waals surface area (Å²) in [4.78, 5) is 17.3. The quantitative estimate of drug-likeness (QED) is 0.728. The molecule has 0 saturated heterocycles. The fourth-order valence-corrected chi connectivity index (χ4v) is 4.56. The number of hydrogen-bond acceptors (Lipinski definition) is 7. The Kier molecular flexibility index (Phi) is 4.54. The molecule has 0 radical (unpaired) electrons. The van der Waals surface area contributed by atoms with Crippen LogP contribution in [-0.2, 0) is 17.6 Å². The summed E-state index contributed by atoms with van der Waals surface area (Å²) < 4.78 is 0. The molecule has 3 rings (SSSR count). The molecular formula is C14H16N6OS2. The number of thiophene rings is 1. The summed E-state index contributed by atoms with van der Waals surface area (Å²) in [6.07, 6.45) is 2.99. The number of carbonyl (C=O) groups is 1. The van der Waals surface area contributed by atoms with Crippen molar-refractivity contribution in [3.8, 4) is 6.07 Å². The lowest BCUT2D eigenvalue weighted by Crippen LogP contribution is -2.14. The van der Waals surface area contributed by atoms with Gasteiger partial charge in [-0.15, -0.1) is 16.4 Å². The van der Waals surface area contributed by atoms with Crippen LogP contribution in [0.5, 0.6) is 0 Å². The lowest BCUT2D eigenvalue weighted by atomic mass is 9.89. The van der Waals surface area contributed by atoms with Crippen LogP contribution in [0.1, 0.15) is 29.3 Å². The van der Waals surface area contributed by atoms with E-state index in [1.54, 1.807) is 0 Å². The van der Waals surface area contributed by atoms with Crippen molar-refractivity contribution >= 4 is 40.0 Å². The van der Waals surface area contributed by atoms with Gasteiger partial charge in [0.25, 0.3) is 0 Å². The molecule has 0 saturated carbocycles. The molecular weight excluding hydrogens is 332 g/mol. The second-order valence-electron chi connectivity index (χ2n) is 5.51. The van der Waals surface area contributed by atoms with Crippen LogP contribution < -0.4 is 11.1 Å². The van der Waals surface area contributed by atoms with Gasteiger partial charge in [0.05, 0.1) is 11.3 Å². The minimum atomic E-state index is -0.179. The third-order valence-electron chi connectivity index (χ3n) is 3.69. The molecule has 2 aromatic rings. The first-order chi connectivity index (χ1) is 11.1. The Hall–Kier alpha value is -2.05. The van der Waals surface area contributed by atoms with Gasteiger partial charge in [0.1, 0.15) is 11.1 Å². The number of anilines is 2. The summed E-state index contributed by atoms with van der Waals surface area (Å²) in [6, 6.07) is 2.24. The van der Waals surface area contributed by atoms with E-state index >= 15 is 0 Å². The fourth-order valence-electron chi connectivity index (χ4n) is 2.57. The largest absolute Gasteiger partial charge is 0.368 e. The van der Waals surface area contributed by atoms with E-state index in [-0.39, 0.29) is 17.6 Å². The van der Waals surface area contributed by atoms with E-state index in [0.717, 1.165) is 24.8 Å². The highest BCUT2D eigenvalue weighted by Gasteiger charge is 2.24. The molecule has 0 aromatic carbocycles. The Morgan fingerprint density at radius 2 is 2.48 bits per heavy atom. The molecule has 2 heterocycles.